The Balaban J connectivity index is 1.79. The number of rotatable bonds is 4. The molecule has 0 aromatic carbocycles. The Hall–Kier alpha value is -2.42. The van der Waals surface area contributed by atoms with Crippen molar-refractivity contribution in [2.75, 3.05) is 6.54 Å². The largest absolute Gasteiger partial charge is 0.459 e. The van der Waals surface area contributed by atoms with Gasteiger partial charge < -0.3 is 10.1 Å². The zero-order valence-electron chi connectivity index (χ0n) is 11.1. The Kier molecular flexibility index (Phi) is 4.31. The third-order valence-corrected chi connectivity index (χ3v) is 3.22. The fourth-order valence-electron chi connectivity index (χ4n) is 2.06. The fraction of sp³-hybridized carbons (Fsp3) is 0.429. The molecule has 1 aliphatic rings. The molecule has 1 saturated carbocycles. The molecule has 0 radical (unpaired) electrons. The number of nitriles is 1. The maximum absolute atomic E-state index is 11.9. The second kappa shape index (κ2) is 6.15. The van der Waals surface area contributed by atoms with Crippen LogP contribution in [0.15, 0.2) is 18.3 Å². The van der Waals surface area contributed by atoms with E-state index in [0.717, 1.165) is 12.8 Å². The third-order valence-electron chi connectivity index (χ3n) is 3.22. The number of carbonyl (C=O) groups excluding carboxylic acids is 2. The summed E-state index contributed by atoms with van der Waals surface area (Å²) < 4.78 is 5.32. The lowest BCUT2D eigenvalue weighted by Gasteiger charge is -2.34. The van der Waals surface area contributed by atoms with Gasteiger partial charge in [0.25, 0.3) is 0 Å². The van der Waals surface area contributed by atoms with Gasteiger partial charge in [0.15, 0.2) is 0 Å². The van der Waals surface area contributed by atoms with Gasteiger partial charge in [0.1, 0.15) is 17.9 Å². The Labute approximate surface area is 116 Å². The van der Waals surface area contributed by atoms with E-state index in [9.17, 15) is 9.59 Å². The van der Waals surface area contributed by atoms with Crippen LogP contribution in [-0.4, -0.2) is 29.5 Å². The molecule has 1 aromatic heterocycles. The van der Waals surface area contributed by atoms with Crippen LogP contribution in [0.2, 0.25) is 0 Å². The number of hydrogen-bond donors (Lipinski definition) is 1. The Morgan fingerprint density at radius 1 is 1.55 bits per heavy atom. The Morgan fingerprint density at radius 3 is 2.95 bits per heavy atom. The summed E-state index contributed by atoms with van der Waals surface area (Å²) in [5.74, 6) is -0.123. The SMILES string of the molecule is CC(=O)NCC1CC(OC(=O)c2ccnc(C#N)c2)C1. The molecule has 2 rings (SSSR count). The highest BCUT2D eigenvalue weighted by molar-refractivity contribution is 5.89. The van der Waals surface area contributed by atoms with Gasteiger partial charge in [-0.05, 0) is 30.9 Å². The van der Waals surface area contributed by atoms with Crippen LogP contribution in [0.5, 0.6) is 0 Å². The molecule has 6 nitrogen and oxygen atoms in total. The number of pyridine rings is 1. The number of ether oxygens (including phenoxy) is 1. The number of nitrogens with zero attached hydrogens (tertiary/aromatic N) is 2. The molecule has 0 unspecified atom stereocenters. The van der Waals surface area contributed by atoms with E-state index in [1.807, 2.05) is 6.07 Å². The highest BCUT2D eigenvalue weighted by atomic mass is 16.5. The van der Waals surface area contributed by atoms with Crippen LogP contribution in [0.3, 0.4) is 0 Å². The van der Waals surface area contributed by atoms with Crippen LogP contribution in [-0.2, 0) is 9.53 Å². The lowest BCUT2D eigenvalue weighted by molar-refractivity contribution is -0.119. The lowest BCUT2D eigenvalue weighted by Crippen LogP contribution is -2.40. The molecular weight excluding hydrogens is 258 g/mol. The molecule has 104 valence electrons. The van der Waals surface area contributed by atoms with Crippen LogP contribution < -0.4 is 5.32 Å². The number of aromatic nitrogens is 1. The zero-order valence-corrected chi connectivity index (χ0v) is 11.1. The van der Waals surface area contributed by atoms with E-state index < -0.39 is 5.97 Å². The predicted molar refractivity (Wildman–Crippen MR) is 69.6 cm³/mol. The molecule has 6 heteroatoms. The maximum atomic E-state index is 11.9. The fourth-order valence-corrected chi connectivity index (χ4v) is 2.06. The van der Waals surface area contributed by atoms with Gasteiger partial charge in [-0.2, -0.15) is 5.26 Å². The molecule has 1 N–H and O–H groups in total. The highest BCUT2D eigenvalue weighted by Gasteiger charge is 2.32. The van der Waals surface area contributed by atoms with Crippen molar-refractivity contribution in [1.29, 1.82) is 5.26 Å². The average molecular weight is 273 g/mol. The van der Waals surface area contributed by atoms with Crippen LogP contribution >= 0.6 is 0 Å². The molecule has 1 aliphatic carbocycles. The molecule has 1 fully saturated rings. The first-order chi connectivity index (χ1) is 9.58. The Bertz CT molecular complexity index is 559. The quantitative estimate of drug-likeness (QED) is 0.827. The van der Waals surface area contributed by atoms with Crippen molar-refractivity contribution < 1.29 is 14.3 Å². The van der Waals surface area contributed by atoms with Crippen molar-refractivity contribution in [1.82, 2.24) is 10.3 Å². The van der Waals surface area contributed by atoms with Crippen molar-refractivity contribution in [3.8, 4) is 6.07 Å². The second-order valence-electron chi connectivity index (χ2n) is 4.84. The van der Waals surface area contributed by atoms with E-state index in [-0.39, 0.29) is 17.7 Å². The van der Waals surface area contributed by atoms with Gasteiger partial charge in [0, 0.05) is 19.7 Å². The smallest absolute Gasteiger partial charge is 0.338 e. The molecule has 1 aromatic rings. The normalized spacial score (nSPS) is 20.4. The molecule has 0 saturated heterocycles. The van der Waals surface area contributed by atoms with E-state index in [4.69, 9.17) is 10.00 Å². The lowest BCUT2D eigenvalue weighted by atomic mass is 9.82. The van der Waals surface area contributed by atoms with Crippen molar-refractivity contribution >= 4 is 11.9 Å². The van der Waals surface area contributed by atoms with Crippen LogP contribution in [0.25, 0.3) is 0 Å². The number of amides is 1. The first-order valence-electron chi connectivity index (χ1n) is 6.40. The van der Waals surface area contributed by atoms with E-state index in [2.05, 4.69) is 10.3 Å². The third kappa shape index (κ3) is 3.54. The summed E-state index contributed by atoms with van der Waals surface area (Å²) in [5, 5.41) is 11.5. The minimum Gasteiger partial charge on any atom is -0.459 e. The summed E-state index contributed by atoms with van der Waals surface area (Å²) in [5.41, 5.74) is 0.526. The first kappa shape index (κ1) is 14.0. The number of hydrogen-bond acceptors (Lipinski definition) is 5. The zero-order chi connectivity index (χ0) is 14.5. The van der Waals surface area contributed by atoms with Crippen LogP contribution in [0, 0.1) is 17.2 Å². The van der Waals surface area contributed by atoms with Crippen molar-refractivity contribution in [3.05, 3.63) is 29.6 Å². The van der Waals surface area contributed by atoms with Crippen LogP contribution in [0.1, 0.15) is 35.8 Å². The van der Waals surface area contributed by atoms with Gasteiger partial charge in [-0.3, -0.25) is 4.79 Å². The maximum Gasteiger partial charge on any atom is 0.338 e. The number of esters is 1. The summed E-state index contributed by atoms with van der Waals surface area (Å²) in [4.78, 5) is 26.4. The summed E-state index contributed by atoms with van der Waals surface area (Å²) in [7, 11) is 0. The summed E-state index contributed by atoms with van der Waals surface area (Å²) in [6.45, 7) is 2.10. The summed E-state index contributed by atoms with van der Waals surface area (Å²) >= 11 is 0. The van der Waals surface area contributed by atoms with Gasteiger partial charge >= 0.3 is 5.97 Å². The van der Waals surface area contributed by atoms with Crippen LogP contribution in [0.4, 0.5) is 0 Å². The van der Waals surface area contributed by atoms with Crippen molar-refractivity contribution in [2.24, 2.45) is 5.92 Å². The van der Waals surface area contributed by atoms with Gasteiger partial charge in [-0.1, -0.05) is 0 Å². The molecule has 0 bridgehead atoms. The monoisotopic (exact) mass is 273 g/mol. The van der Waals surface area contributed by atoms with Crippen molar-refractivity contribution in [2.45, 2.75) is 25.9 Å². The minimum absolute atomic E-state index is 0.0498. The molecule has 1 amide bonds. The molecule has 0 spiro atoms. The summed E-state index contributed by atoms with van der Waals surface area (Å²) in [6, 6.07) is 4.82. The highest BCUT2D eigenvalue weighted by Crippen LogP contribution is 2.30. The van der Waals surface area contributed by atoms with E-state index >= 15 is 0 Å². The number of carbonyl (C=O) groups is 2. The molecular formula is C14H15N3O3. The van der Waals surface area contributed by atoms with Gasteiger partial charge in [-0.15, -0.1) is 0 Å². The Morgan fingerprint density at radius 2 is 2.30 bits per heavy atom. The summed E-state index contributed by atoms with van der Waals surface area (Å²) in [6.07, 6.45) is 2.81. The predicted octanol–water partition coefficient (Wildman–Crippen LogP) is 1.02. The average Bonchev–Trinajstić information content (AvgIpc) is 2.40. The van der Waals surface area contributed by atoms with E-state index in [0.29, 0.717) is 18.0 Å². The van der Waals surface area contributed by atoms with E-state index in [1.165, 1.54) is 25.3 Å². The molecule has 0 aliphatic heterocycles. The van der Waals surface area contributed by atoms with Crippen molar-refractivity contribution in [3.63, 3.8) is 0 Å². The topological polar surface area (TPSA) is 92.1 Å². The second-order valence-corrected chi connectivity index (χ2v) is 4.84. The van der Waals surface area contributed by atoms with Gasteiger partial charge in [-0.25, -0.2) is 9.78 Å². The van der Waals surface area contributed by atoms with Gasteiger partial charge in [0.2, 0.25) is 5.91 Å². The minimum atomic E-state index is -0.438. The van der Waals surface area contributed by atoms with E-state index in [1.54, 1.807) is 0 Å². The molecule has 1 heterocycles. The standard InChI is InChI=1S/C14H15N3O3/c1-9(18)17-8-10-4-13(5-10)20-14(19)11-2-3-16-12(6-11)7-15/h2-3,6,10,13H,4-5,8H2,1H3,(H,17,18). The first-order valence-corrected chi connectivity index (χ1v) is 6.40. The molecule has 0 atom stereocenters. The number of nitrogens with one attached hydrogen (secondary N) is 1. The van der Waals surface area contributed by atoms with Gasteiger partial charge in [0.05, 0.1) is 5.56 Å². The molecule has 20 heavy (non-hydrogen) atoms.